The minimum Gasteiger partial charge on any atom is -0.495 e. The molecule has 1 fully saturated rings. The molecule has 1 heterocycles. The van der Waals surface area contributed by atoms with E-state index in [1.54, 1.807) is 12.1 Å². The summed E-state index contributed by atoms with van der Waals surface area (Å²) in [5.41, 5.74) is 0.602. The van der Waals surface area contributed by atoms with Gasteiger partial charge >= 0.3 is 5.97 Å². The number of methoxy groups -OCH3 is 1. The van der Waals surface area contributed by atoms with Crippen molar-refractivity contribution in [2.45, 2.75) is 37.5 Å². The summed E-state index contributed by atoms with van der Waals surface area (Å²) in [5, 5.41) is 0. The summed E-state index contributed by atoms with van der Waals surface area (Å²) < 4.78 is 38.5. The van der Waals surface area contributed by atoms with Gasteiger partial charge in [-0.1, -0.05) is 12.8 Å². The molecular formula is C22H25NO6S. The first kappa shape index (κ1) is 22.0. The standard InChI is InChI=1S/C22H25NO6S/c1-16(24)17-7-10-19(11-8-17)29-22(25)18-9-12-20(28-2)21(15-18)30(26,27)23-13-5-3-4-6-14-23/h7-12,15H,3-6,13-14H2,1-2H3. The minimum atomic E-state index is -3.81. The molecule has 0 unspecified atom stereocenters. The number of ether oxygens (including phenoxy) is 2. The average molecular weight is 432 g/mol. The van der Waals surface area contributed by atoms with Crippen molar-refractivity contribution in [3.8, 4) is 11.5 Å². The minimum absolute atomic E-state index is 0.0479. The summed E-state index contributed by atoms with van der Waals surface area (Å²) in [5.74, 6) is -0.341. The zero-order chi connectivity index (χ0) is 21.7. The van der Waals surface area contributed by atoms with Gasteiger partial charge in [-0.2, -0.15) is 4.31 Å². The highest BCUT2D eigenvalue weighted by atomic mass is 32.2. The topological polar surface area (TPSA) is 90.0 Å². The van der Waals surface area contributed by atoms with E-state index in [1.807, 2.05) is 0 Å². The van der Waals surface area contributed by atoms with Crippen molar-refractivity contribution < 1.29 is 27.5 Å². The van der Waals surface area contributed by atoms with E-state index in [2.05, 4.69) is 0 Å². The van der Waals surface area contributed by atoms with Crippen LogP contribution in [0.4, 0.5) is 0 Å². The largest absolute Gasteiger partial charge is 0.495 e. The van der Waals surface area contributed by atoms with Gasteiger partial charge in [-0.15, -0.1) is 0 Å². The molecule has 7 nitrogen and oxygen atoms in total. The zero-order valence-corrected chi connectivity index (χ0v) is 17.9. The zero-order valence-electron chi connectivity index (χ0n) is 17.1. The van der Waals surface area contributed by atoms with Gasteiger partial charge in [0.25, 0.3) is 0 Å². The molecule has 0 amide bonds. The van der Waals surface area contributed by atoms with Crippen LogP contribution >= 0.6 is 0 Å². The number of nitrogens with zero attached hydrogens (tertiary/aromatic N) is 1. The molecule has 1 aliphatic rings. The Kier molecular flexibility index (Phi) is 6.89. The number of Topliss-reactive ketones (excluding diaryl/α,β-unsaturated/α-hetero) is 1. The predicted molar refractivity (Wildman–Crippen MR) is 112 cm³/mol. The number of esters is 1. The first-order valence-electron chi connectivity index (χ1n) is 9.84. The van der Waals surface area contributed by atoms with E-state index in [4.69, 9.17) is 9.47 Å². The highest BCUT2D eigenvalue weighted by Crippen LogP contribution is 2.30. The summed E-state index contributed by atoms with van der Waals surface area (Å²) in [6.07, 6.45) is 3.61. The lowest BCUT2D eigenvalue weighted by Gasteiger charge is -2.21. The van der Waals surface area contributed by atoms with E-state index < -0.39 is 16.0 Å². The maximum Gasteiger partial charge on any atom is 0.343 e. The van der Waals surface area contributed by atoms with Crippen LogP contribution in [0.2, 0.25) is 0 Å². The van der Waals surface area contributed by atoms with Gasteiger partial charge in [0.1, 0.15) is 16.4 Å². The summed E-state index contributed by atoms with van der Waals surface area (Å²) >= 11 is 0. The number of carbonyl (C=O) groups is 2. The Hall–Kier alpha value is -2.71. The Morgan fingerprint density at radius 3 is 2.07 bits per heavy atom. The highest BCUT2D eigenvalue weighted by Gasteiger charge is 2.29. The fourth-order valence-electron chi connectivity index (χ4n) is 3.35. The van der Waals surface area contributed by atoms with Gasteiger partial charge in [0, 0.05) is 18.7 Å². The highest BCUT2D eigenvalue weighted by molar-refractivity contribution is 7.89. The van der Waals surface area contributed by atoms with Crippen molar-refractivity contribution >= 4 is 21.8 Å². The molecule has 0 radical (unpaired) electrons. The monoisotopic (exact) mass is 431 g/mol. The van der Waals surface area contributed by atoms with Gasteiger partial charge in [0.2, 0.25) is 10.0 Å². The van der Waals surface area contributed by atoms with E-state index in [9.17, 15) is 18.0 Å². The SMILES string of the molecule is COc1ccc(C(=O)Oc2ccc(C(C)=O)cc2)cc1S(=O)(=O)N1CCCCCC1. The number of hydrogen-bond acceptors (Lipinski definition) is 6. The Morgan fingerprint density at radius 1 is 0.900 bits per heavy atom. The van der Waals surface area contributed by atoms with Crippen LogP contribution in [0.15, 0.2) is 47.4 Å². The van der Waals surface area contributed by atoms with Crippen LogP contribution in [0.1, 0.15) is 53.3 Å². The molecule has 3 rings (SSSR count). The molecule has 2 aromatic rings. The molecular weight excluding hydrogens is 406 g/mol. The molecule has 2 aromatic carbocycles. The van der Waals surface area contributed by atoms with Crippen LogP contribution in [0.25, 0.3) is 0 Å². The molecule has 1 saturated heterocycles. The lowest BCUT2D eigenvalue weighted by atomic mass is 10.1. The number of rotatable bonds is 6. The maximum atomic E-state index is 13.2. The molecule has 0 atom stereocenters. The van der Waals surface area contributed by atoms with Crippen LogP contribution in [-0.4, -0.2) is 44.7 Å². The lowest BCUT2D eigenvalue weighted by molar-refractivity contribution is 0.0734. The number of hydrogen-bond donors (Lipinski definition) is 0. The first-order valence-corrected chi connectivity index (χ1v) is 11.3. The van der Waals surface area contributed by atoms with Gasteiger partial charge in [0.05, 0.1) is 12.7 Å². The summed E-state index contributed by atoms with van der Waals surface area (Å²) in [4.78, 5) is 23.9. The maximum absolute atomic E-state index is 13.2. The fraction of sp³-hybridized carbons (Fsp3) is 0.364. The van der Waals surface area contributed by atoms with Crippen molar-refractivity contribution in [3.05, 3.63) is 53.6 Å². The first-order chi connectivity index (χ1) is 14.3. The van der Waals surface area contributed by atoms with E-state index in [1.165, 1.54) is 48.7 Å². The van der Waals surface area contributed by atoms with Gasteiger partial charge in [-0.3, -0.25) is 4.79 Å². The third-order valence-electron chi connectivity index (χ3n) is 5.05. The second kappa shape index (κ2) is 9.40. The van der Waals surface area contributed by atoms with Crippen molar-refractivity contribution in [2.24, 2.45) is 0 Å². The number of carbonyl (C=O) groups excluding carboxylic acids is 2. The smallest absolute Gasteiger partial charge is 0.343 e. The lowest BCUT2D eigenvalue weighted by Crippen LogP contribution is -2.32. The Bertz CT molecular complexity index is 1020. The molecule has 0 bridgehead atoms. The van der Waals surface area contributed by atoms with Crippen LogP contribution in [0, 0.1) is 0 Å². The second-order valence-corrected chi connectivity index (χ2v) is 9.06. The fourth-order valence-corrected chi connectivity index (χ4v) is 5.05. The van der Waals surface area contributed by atoms with Crippen LogP contribution in [0.5, 0.6) is 11.5 Å². The van der Waals surface area contributed by atoms with E-state index in [-0.39, 0.29) is 27.7 Å². The van der Waals surface area contributed by atoms with Crippen LogP contribution in [-0.2, 0) is 10.0 Å². The molecule has 0 spiro atoms. The van der Waals surface area contributed by atoms with Gasteiger partial charge < -0.3 is 9.47 Å². The second-order valence-electron chi connectivity index (χ2n) is 7.15. The number of sulfonamides is 1. The predicted octanol–water partition coefficient (Wildman–Crippen LogP) is 3.68. The summed E-state index contributed by atoms with van der Waals surface area (Å²) in [6.45, 7) is 2.34. The third kappa shape index (κ3) is 4.88. The van der Waals surface area contributed by atoms with Crippen molar-refractivity contribution in [3.63, 3.8) is 0 Å². The van der Waals surface area contributed by atoms with Crippen LogP contribution in [0.3, 0.4) is 0 Å². The molecule has 30 heavy (non-hydrogen) atoms. The average Bonchev–Trinajstić information content (AvgIpc) is 3.04. The molecule has 8 heteroatoms. The van der Waals surface area contributed by atoms with Crippen molar-refractivity contribution in [1.29, 1.82) is 0 Å². The molecule has 0 saturated carbocycles. The molecule has 0 aliphatic carbocycles. The summed E-state index contributed by atoms with van der Waals surface area (Å²) in [6, 6.07) is 10.4. The number of benzene rings is 2. The molecule has 0 N–H and O–H groups in total. The van der Waals surface area contributed by atoms with Crippen molar-refractivity contribution in [2.75, 3.05) is 20.2 Å². The molecule has 160 valence electrons. The van der Waals surface area contributed by atoms with E-state index in [0.717, 1.165) is 25.7 Å². The van der Waals surface area contributed by atoms with Gasteiger partial charge in [-0.05, 0) is 62.2 Å². The van der Waals surface area contributed by atoms with E-state index >= 15 is 0 Å². The van der Waals surface area contributed by atoms with Gasteiger partial charge in [0.15, 0.2) is 5.78 Å². The number of ketones is 1. The summed E-state index contributed by atoms with van der Waals surface area (Å²) in [7, 11) is -2.41. The van der Waals surface area contributed by atoms with E-state index in [0.29, 0.717) is 18.7 Å². The van der Waals surface area contributed by atoms with Gasteiger partial charge in [-0.25, -0.2) is 13.2 Å². The Balaban J connectivity index is 1.87. The Morgan fingerprint density at radius 2 is 1.50 bits per heavy atom. The molecule has 1 aliphatic heterocycles. The normalized spacial score (nSPS) is 15.3. The third-order valence-corrected chi connectivity index (χ3v) is 6.97. The molecule has 0 aromatic heterocycles. The van der Waals surface area contributed by atoms with Crippen molar-refractivity contribution in [1.82, 2.24) is 4.31 Å². The Labute approximate surface area is 176 Å². The van der Waals surface area contributed by atoms with Crippen LogP contribution < -0.4 is 9.47 Å². The quantitative estimate of drug-likeness (QED) is 0.394.